The Hall–Kier alpha value is -1.39. The molecule has 4 heteroatoms. The third-order valence-corrected chi connectivity index (χ3v) is 3.20. The van der Waals surface area contributed by atoms with Gasteiger partial charge in [-0.25, -0.2) is 4.79 Å². The number of nitrogens with one attached hydrogen (secondary N) is 1. The first-order chi connectivity index (χ1) is 8.14. The van der Waals surface area contributed by atoms with E-state index in [9.17, 15) is 4.79 Å². The van der Waals surface area contributed by atoms with Crippen LogP contribution in [0.3, 0.4) is 0 Å². The van der Waals surface area contributed by atoms with Crippen molar-refractivity contribution in [1.29, 1.82) is 0 Å². The molecule has 0 unspecified atom stereocenters. The Bertz CT molecular complexity index is 384. The topological polar surface area (TPSA) is 41.6 Å². The lowest BCUT2D eigenvalue weighted by Crippen LogP contribution is -2.49. The van der Waals surface area contributed by atoms with E-state index in [1.807, 2.05) is 37.2 Å². The van der Waals surface area contributed by atoms with Gasteiger partial charge in [-0.05, 0) is 26.2 Å². The minimum Gasteiger partial charge on any atom is -0.439 e. The minimum atomic E-state index is -0.507. The lowest BCUT2D eigenvalue weighted by atomic mass is 10.1. The second kappa shape index (κ2) is 4.85. The zero-order valence-corrected chi connectivity index (χ0v) is 10.3. The summed E-state index contributed by atoms with van der Waals surface area (Å²) in [5.74, 6) is -0.261. The highest BCUT2D eigenvalue weighted by Gasteiger charge is 2.40. The molecule has 0 aromatic heterocycles. The van der Waals surface area contributed by atoms with Crippen LogP contribution in [0.4, 0.5) is 0 Å². The maximum atomic E-state index is 12.0. The molecule has 0 saturated carbocycles. The summed E-state index contributed by atoms with van der Waals surface area (Å²) in [7, 11) is 3.87. The molecule has 0 aliphatic carbocycles. The first-order valence-electron chi connectivity index (χ1n) is 5.81. The van der Waals surface area contributed by atoms with Gasteiger partial charge < -0.3 is 10.1 Å². The van der Waals surface area contributed by atoms with Crippen molar-refractivity contribution in [2.75, 3.05) is 27.2 Å². The second-order valence-corrected chi connectivity index (χ2v) is 4.52. The normalized spacial score (nSPS) is 23.9. The van der Waals surface area contributed by atoms with E-state index >= 15 is 0 Å². The van der Waals surface area contributed by atoms with Gasteiger partial charge >= 0.3 is 5.97 Å². The van der Waals surface area contributed by atoms with Gasteiger partial charge in [-0.15, -0.1) is 0 Å². The molecular formula is C13H18N2O2. The molecule has 4 nitrogen and oxygen atoms in total. The maximum absolute atomic E-state index is 12.0. The van der Waals surface area contributed by atoms with Crippen molar-refractivity contribution in [3.63, 3.8) is 0 Å². The number of esters is 1. The van der Waals surface area contributed by atoms with E-state index in [1.54, 1.807) is 12.1 Å². The highest BCUT2D eigenvalue weighted by molar-refractivity contribution is 5.89. The molecule has 1 heterocycles. The lowest BCUT2D eigenvalue weighted by Gasteiger charge is -2.34. The predicted octanol–water partition coefficient (Wildman–Crippen LogP) is 1.09. The van der Waals surface area contributed by atoms with Crippen LogP contribution in [0.15, 0.2) is 30.3 Å². The van der Waals surface area contributed by atoms with Crippen LogP contribution in [0.5, 0.6) is 0 Å². The number of benzene rings is 1. The highest BCUT2D eigenvalue weighted by Crippen LogP contribution is 2.23. The quantitative estimate of drug-likeness (QED) is 0.628. The molecule has 0 amide bonds. The number of nitrogens with zero attached hydrogens (tertiary/aromatic N) is 1. The summed E-state index contributed by atoms with van der Waals surface area (Å²) in [6, 6.07) is 9.11. The van der Waals surface area contributed by atoms with Crippen molar-refractivity contribution in [2.45, 2.75) is 12.1 Å². The first kappa shape index (κ1) is 12.1. The van der Waals surface area contributed by atoms with Crippen LogP contribution in [-0.2, 0) is 4.74 Å². The summed E-state index contributed by atoms with van der Waals surface area (Å²) < 4.78 is 5.67. The number of carbonyl (C=O) groups excluding carboxylic acids is 1. The van der Waals surface area contributed by atoms with Crippen molar-refractivity contribution in [3.8, 4) is 0 Å². The van der Waals surface area contributed by atoms with Gasteiger partial charge in [-0.3, -0.25) is 4.90 Å². The summed E-state index contributed by atoms with van der Waals surface area (Å²) in [5, 5.41) is 3.23. The molecule has 1 aliphatic rings. The highest BCUT2D eigenvalue weighted by atomic mass is 16.6. The van der Waals surface area contributed by atoms with E-state index in [2.05, 4.69) is 5.32 Å². The SMILES string of the molecule is CN(C)[C@]1(OC(=O)c2ccccc2)CCNC1. The van der Waals surface area contributed by atoms with Gasteiger partial charge in [0.25, 0.3) is 0 Å². The summed E-state index contributed by atoms with van der Waals surface area (Å²) in [6.07, 6.45) is 0.818. The van der Waals surface area contributed by atoms with Crippen molar-refractivity contribution in [3.05, 3.63) is 35.9 Å². The Morgan fingerprint density at radius 1 is 1.35 bits per heavy atom. The number of hydrogen-bond donors (Lipinski definition) is 1. The van der Waals surface area contributed by atoms with Gasteiger partial charge in [0.2, 0.25) is 0 Å². The monoisotopic (exact) mass is 234 g/mol. The fourth-order valence-corrected chi connectivity index (χ4v) is 2.02. The first-order valence-corrected chi connectivity index (χ1v) is 5.81. The van der Waals surface area contributed by atoms with Crippen LogP contribution < -0.4 is 5.32 Å². The molecule has 1 aliphatic heterocycles. The average molecular weight is 234 g/mol. The van der Waals surface area contributed by atoms with Gasteiger partial charge in [0.1, 0.15) is 0 Å². The molecule has 92 valence electrons. The number of ether oxygens (including phenoxy) is 1. The largest absolute Gasteiger partial charge is 0.439 e. The Kier molecular flexibility index (Phi) is 3.45. The van der Waals surface area contributed by atoms with Gasteiger partial charge in [0.05, 0.1) is 5.56 Å². The van der Waals surface area contributed by atoms with Crippen molar-refractivity contribution in [1.82, 2.24) is 10.2 Å². The summed E-state index contributed by atoms with van der Waals surface area (Å²) in [4.78, 5) is 14.0. The Morgan fingerprint density at radius 2 is 2.06 bits per heavy atom. The molecule has 0 radical (unpaired) electrons. The molecule has 1 N–H and O–H groups in total. The van der Waals surface area contributed by atoms with E-state index in [1.165, 1.54) is 0 Å². The van der Waals surface area contributed by atoms with Crippen molar-refractivity contribution >= 4 is 5.97 Å². The molecule has 0 spiro atoms. The molecule has 1 saturated heterocycles. The summed E-state index contributed by atoms with van der Waals surface area (Å²) in [5.41, 5.74) is 0.0908. The number of likely N-dealkylation sites (N-methyl/N-ethyl adjacent to an activating group) is 1. The molecule has 0 bridgehead atoms. The predicted molar refractivity (Wildman–Crippen MR) is 65.8 cm³/mol. The lowest BCUT2D eigenvalue weighted by molar-refractivity contribution is -0.0842. The summed E-state index contributed by atoms with van der Waals surface area (Å²) in [6.45, 7) is 1.55. The fraction of sp³-hybridized carbons (Fsp3) is 0.462. The Morgan fingerprint density at radius 3 is 2.59 bits per heavy atom. The van der Waals surface area contributed by atoms with Crippen LogP contribution in [0.2, 0.25) is 0 Å². The molecule has 2 rings (SSSR count). The number of carbonyl (C=O) groups is 1. The van der Waals surface area contributed by atoms with Crippen molar-refractivity contribution in [2.24, 2.45) is 0 Å². The zero-order valence-electron chi connectivity index (χ0n) is 10.3. The molecular weight excluding hydrogens is 216 g/mol. The average Bonchev–Trinajstić information content (AvgIpc) is 2.80. The fourth-order valence-electron chi connectivity index (χ4n) is 2.02. The van der Waals surface area contributed by atoms with E-state index in [0.717, 1.165) is 13.0 Å². The van der Waals surface area contributed by atoms with Gasteiger partial charge in [-0.1, -0.05) is 18.2 Å². The minimum absolute atomic E-state index is 0.261. The Balaban J connectivity index is 2.12. The van der Waals surface area contributed by atoms with Gasteiger partial charge in [0.15, 0.2) is 5.72 Å². The summed E-state index contributed by atoms with van der Waals surface area (Å²) >= 11 is 0. The van der Waals surface area contributed by atoms with E-state index in [-0.39, 0.29) is 5.97 Å². The van der Waals surface area contributed by atoms with Gasteiger partial charge in [-0.2, -0.15) is 0 Å². The third-order valence-electron chi connectivity index (χ3n) is 3.20. The smallest absolute Gasteiger partial charge is 0.339 e. The van der Waals surface area contributed by atoms with E-state index in [0.29, 0.717) is 12.1 Å². The third kappa shape index (κ3) is 2.48. The van der Waals surface area contributed by atoms with Crippen LogP contribution in [0, 0.1) is 0 Å². The molecule has 1 aromatic carbocycles. The Labute approximate surface area is 102 Å². The van der Waals surface area contributed by atoms with Crippen LogP contribution in [0.1, 0.15) is 16.8 Å². The van der Waals surface area contributed by atoms with E-state index < -0.39 is 5.72 Å². The zero-order chi connectivity index (χ0) is 12.3. The van der Waals surface area contributed by atoms with Gasteiger partial charge in [0, 0.05) is 19.5 Å². The molecule has 17 heavy (non-hydrogen) atoms. The van der Waals surface area contributed by atoms with Crippen LogP contribution >= 0.6 is 0 Å². The number of rotatable bonds is 3. The van der Waals surface area contributed by atoms with Crippen LogP contribution in [0.25, 0.3) is 0 Å². The maximum Gasteiger partial charge on any atom is 0.339 e. The van der Waals surface area contributed by atoms with Crippen LogP contribution in [-0.4, -0.2) is 43.8 Å². The second-order valence-electron chi connectivity index (χ2n) is 4.52. The molecule has 1 atom stereocenters. The molecule has 1 aromatic rings. The van der Waals surface area contributed by atoms with E-state index in [4.69, 9.17) is 4.74 Å². The molecule has 1 fully saturated rings. The van der Waals surface area contributed by atoms with Crippen molar-refractivity contribution < 1.29 is 9.53 Å². The number of hydrogen-bond acceptors (Lipinski definition) is 4. The standard InChI is InChI=1S/C13H18N2O2/c1-15(2)13(8-9-14-10-13)17-12(16)11-6-4-3-5-7-11/h3-7,14H,8-10H2,1-2H3/t13-/m0/s1.